The smallest absolute Gasteiger partial charge is 0.173 e. The maximum Gasteiger partial charge on any atom is 0.173 e. The highest BCUT2D eigenvalue weighted by Crippen LogP contribution is 2.37. The van der Waals surface area contributed by atoms with Crippen LogP contribution in [-0.2, 0) is 6.42 Å². The van der Waals surface area contributed by atoms with Crippen molar-refractivity contribution in [1.82, 2.24) is 0 Å². The average Bonchev–Trinajstić information content (AvgIpc) is 2.88. The molecular formula is C16H11BrClFO. The molecule has 0 aromatic heterocycles. The highest BCUT2D eigenvalue weighted by Gasteiger charge is 2.31. The summed E-state index contributed by atoms with van der Waals surface area (Å²) < 4.78 is 14.6. The van der Waals surface area contributed by atoms with Crippen LogP contribution in [-0.4, -0.2) is 5.78 Å². The van der Waals surface area contributed by atoms with Gasteiger partial charge in [-0.2, -0.15) is 0 Å². The van der Waals surface area contributed by atoms with Crippen LogP contribution in [0.5, 0.6) is 0 Å². The van der Waals surface area contributed by atoms with Crippen molar-refractivity contribution in [3.63, 3.8) is 0 Å². The van der Waals surface area contributed by atoms with Crippen LogP contribution in [0, 0.1) is 5.82 Å². The Hall–Kier alpha value is -1.19. The van der Waals surface area contributed by atoms with Gasteiger partial charge < -0.3 is 0 Å². The zero-order valence-corrected chi connectivity index (χ0v) is 12.8. The maximum atomic E-state index is 14.2. The van der Waals surface area contributed by atoms with E-state index in [4.69, 9.17) is 11.6 Å². The molecule has 0 saturated heterocycles. The Kier molecular flexibility index (Phi) is 3.65. The number of hydrogen-bond donors (Lipinski definition) is 0. The topological polar surface area (TPSA) is 17.1 Å². The van der Waals surface area contributed by atoms with E-state index in [9.17, 15) is 9.18 Å². The SMILES string of the molecule is O=C(c1ccc(Br)c(Cl)c1F)C1CCc2ccccc21. The first kappa shape index (κ1) is 13.8. The number of Topliss-reactive ketones (excluding diaryl/α,β-unsaturated/α-hetero) is 1. The van der Waals surface area contributed by atoms with Crippen LogP contribution >= 0.6 is 27.5 Å². The van der Waals surface area contributed by atoms with Gasteiger partial charge in [-0.25, -0.2) is 4.39 Å². The zero-order valence-electron chi connectivity index (χ0n) is 10.5. The number of aryl methyl sites for hydroxylation is 1. The molecule has 1 unspecified atom stereocenters. The Bertz CT molecular complexity index is 699. The lowest BCUT2D eigenvalue weighted by Crippen LogP contribution is -2.12. The molecule has 1 atom stereocenters. The summed E-state index contributed by atoms with van der Waals surface area (Å²) in [5.41, 5.74) is 2.25. The van der Waals surface area contributed by atoms with Crippen LogP contribution in [0.1, 0.15) is 33.8 Å². The van der Waals surface area contributed by atoms with Gasteiger partial charge in [0.2, 0.25) is 0 Å². The third-order valence-corrected chi connectivity index (χ3v) is 5.01. The molecule has 1 nitrogen and oxygen atoms in total. The van der Waals surface area contributed by atoms with E-state index in [1.807, 2.05) is 24.3 Å². The zero-order chi connectivity index (χ0) is 14.3. The molecule has 0 fully saturated rings. The van der Waals surface area contributed by atoms with Crippen molar-refractivity contribution >= 4 is 33.3 Å². The van der Waals surface area contributed by atoms with Crippen LogP contribution in [0.4, 0.5) is 4.39 Å². The number of carbonyl (C=O) groups excluding carboxylic acids is 1. The molecule has 2 aromatic carbocycles. The van der Waals surface area contributed by atoms with Crippen molar-refractivity contribution in [2.75, 3.05) is 0 Å². The fourth-order valence-electron chi connectivity index (χ4n) is 2.73. The molecule has 0 amide bonds. The highest BCUT2D eigenvalue weighted by molar-refractivity contribution is 9.10. The van der Waals surface area contributed by atoms with Crippen molar-refractivity contribution in [1.29, 1.82) is 0 Å². The van der Waals surface area contributed by atoms with E-state index in [0.29, 0.717) is 4.47 Å². The second-order valence-corrected chi connectivity index (χ2v) is 6.11. The lowest BCUT2D eigenvalue weighted by atomic mass is 9.92. The molecule has 0 heterocycles. The minimum absolute atomic E-state index is 0.0397. The molecule has 3 rings (SSSR count). The fraction of sp³-hybridized carbons (Fsp3) is 0.188. The average molecular weight is 354 g/mol. The van der Waals surface area contributed by atoms with Gasteiger partial charge in [-0.05, 0) is 52.0 Å². The first-order valence-corrected chi connectivity index (χ1v) is 7.52. The molecule has 1 aliphatic carbocycles. The van der Waals surface area contributed by atoms with E-state index >= 15 is 0 Å². The predicted molar refractivity (Wildman–Crippen MR) is 80.9 cm³/mol. The fourth-order valence-corrected chi connectivity index (χ4v) is 3.20. The molecule has 0 bridgehead atoms. The Morgan fingerprint density at radius 3 is 2.80 bits per heavy atom. The van der Waals surface area contributed by atoms with Gasteiger partial charge in [0.25, 0.3) is 0 Å². The normalized spacial score (nSPS) is 17.1. The monoisotopic (exact) mass is 352 g/mol. The summed E-state index contributed by atoms with van der Waals surface area (Å²) in [5, 5.41) is -0.0397. The number of hydrogen-bond acceptors (Lipinski definition) is 1. The lowest BCUT2D eigenvalue weighted by Gasteiger charge is -2.12. The highest BCUT2D eigenvalue weighted by atomic mass is 79.9. The summed E-state index contributed by atoms with van der Waals surface area (Å²) in [6.45, 7) is 0. The summed E-state index contributed by atoms with van der Waals surface area (Å²) in [7, 11) is 0. The van der Waals surface area contributed by atoms with Gasteiger partial charge in [-0.3, -0.25) is 4.79 Å². The second-order valence-electron chi connectivity index (χ2n) is 4.88. The quantitative estimate of drug-likeness (QED) is 0.539. The van der Waals surface area contributed by atoms with E-state index in [1.165, 1.54) is 11.6 Å². The van der Waals surface area contributed by atoms with E-state index < -0.39 is 5.82 Å². The summed E-state index contributed by atoms with van der Waals surface area (Å²) in [6.07, 6.45) is 1.59. The summed E-state index contributed by atoms with van der Waals surface area (Å²) in [4.78, 5) is 12.6. The van der Waals surface area contributed by atoms with E-state index in [0.717, 1.165) is 18.4 Å². The number of carbonyl (C=O) groups is 1. The summed E-state index contributed by atoms with van der Waals surface area (Å²) in [6, 6.07) is 10.9. The number of ketones is 1. The van der Waals surface area contributed by atoms with Gasteiger partial charge >= 0.3 is 0 Å². The van der Waals surface area contributed by atoms with Crippen LogP contribution in [0.2, 0.25) is 5.02 Å². The largest absolute Gasteiger partial charge is 0.293 e. The lowest BCUT2D eigenvalue weighted by molar-refractivity contribution is 0.0955. The molecule has 0 radical (unpaired) electrons. The Labute approximate surface area is 129 Å². The second kappa shape index (κ2) is 5.30. The van der Waals surface area contributed by atoms with Gasteiger partial charge in [0, 0.05) is 10.4 Å². The first-order valence-electron chi connectivity index (χ1n) is 6.35. The van der Waals surface area contributed by atoms with Crippen molar-refractivity contribution in [2.24, 2.45) is 0 Å². The molecule has 102 valence electrons. The molecule has 0 saturated carbocycles. The van der Waals surface area contributed by atoms with Gasteiger partial charge in [-0.15, -0.1) is 0 Å². The van der Waals surface area contributed by atoms with Gasteiger partial charge in [0.05, 0.1) is 10.6 Å². The van der Waals surface area contributed by atoms with Crippen LogP contribution in [0.15, 0.2) is 40.9 Å². The molecule has 0 aliphatic heterocycles. The standard InChI is InChI=1S/C16H11BrClFO/c17-13-8-7-12(15(19)14(13)18)16(20)11-6-5-9-3-1-2-4-10(9)11/h1-4,7-8,11H,5-6H2. The van der Waals surface area contributed by atoms with Gasteiger partial charge in [0.1, 0.15) is 0 Å². The minimum Gasteiger partial charge on any atom is -0.293 e. The molecular weight excluding hydrogens is 343 g/mol. The molecule has 2 aromatic rings. The maximum absolute atomic E-state index is 14.2. The van der Waals surface area contributed by atoms with Crippen molar-refractivity contribution in [3.8, 4) is 0 Å². The molecule has 4 heteroatoms. The Morgan fingerprint density at radius 2 is 2.00 bits per heavy atom. The molecule has 20 heavy (non-hydrogen) atoms. The van der Waals surface area contributed by atoms with Crippen molar-refractivity contribution in [2.45, 2.75) is 18.8 Å². The minimum atomic E-state index is -0.643. The number of benzene rings is 2. The summed E-state index contributed by atoms with van der Waals surface area (Å²) >= 11 is 9.02. The van der Waals surface area contributed by atoms with Crippen molar-refractivity contribution in [3.05, 3.63) is 68.4 Å². The van der Waals surface area contributed by atoms with Gasteiger partial charge in [-0.1, -0.05) is 35.9 Å². The van der Waals surface area contributed by atoms with E-state index in [-0.39, 0.29) is 22.3 Å². The third-order valence-electron chi connectivity index (χ3n) is 3.75. The number of halogens is 3. The van der Waals surface area contributed by atoms with Crippen LogP contribution in [0.3, 0.4) is 0 Å². The summed E-state index contributed by atoms with van der Waals surface area (Å²) in [5.74, 6) is -1.10. The van der Waals surface area contributed by atoms with Crippen molar-refractivity contribution < 1.29 is 9.18 Å². The third kappa shape index (κ3) is 2.19. The number of fused-ring (bicyclic) bond motifs is 1. The number of rotatable bonds is 2. The predicted octanol–water partition coefficient (Wildman–Crippen LogP) is 5.15. The van der Waals surface area contributed by atoms with E-state index in [2.05, 4.69) is 15.9 Å². The first-order chi connectivity index (χ1) is 9.59. The van der Waals surface area contributed by atoms with Crippen LogP contribution < -0.4 is 0 Å². The van der Waals surface area contributed by atoms with Gasteiger partial charge in [0.15, 0.2) is 11.6 Å². The van der Waals surface area contributed by atoms with Crippen LogP contribution in [0.25, 0.3) is 0 Å². The van der Waals surface area contributed by atoms with E-state index in [1.54, 1.807) is 6.07 Å². The molecule has 0 N–H and O–H groups in total. The Morgan fingerprint density at radius 1 is 1.25 bits per heavy atom. The Balaban J connectivity index is 2.01. The molecule has 0 spiro atoms. The molecule has 1 aliphatic rings.